The predicted molar refractivity (Wildman–Crippen MR) is 241 cm³/mol. The van der Waals surface area contributed by atoms with Gasteiger partial charge in [0, 0.05) is 22.6 Å². The Balaban J connectivity index is 0.000000370. The normalized spacial score (nSPS) is 13.4. The van der Waals surface area contributed by atoms with Crippen LogP contribution in [0.15, 0.2) is 146 Å². The number of alkyl halides is 24. The van der Waals surface area contributed by atoms with Crippen molar-refractivity contribution in [1.29, 1.82) is 0 Å². The van der Waals surface area contributed by atoms with Gasteiger partial charge in [-0.3, -0.25) is 10.1 Å². The second kappa shape index (κ2) is 21.7. The predicted octanol–water partition coefficient (Wildman–Crippen LogP) is 14.7. The molecule has 0 bridgehead atoms. The van der Waals surface area contributed by atoms with Crippen molar-refractivity contribution in [2.45, 2.75) is 56.0 Å². The molecule has 29 heteroatoms. The minimum Gasteiger partial charge on any atom is -0.264 e. The first kappa shape index (κ1) is 61.5. The standard InChI is InChI=1S/C32H12BF24.C19H17N2O2/c34-25(35,36)13-1-14(26(37,38)39)6-21(5-13)33(22-7-15(27(40,41)42)2-16(8-22)28(43,44)45,23-9-17(29(46,47)48)3-18(10-23)30(49,50)51)24-11-19(31(52,53)54)4-20(12-24)32(55,56)57;22-21(23)13-6-11-19-18-10-5-4-9-17(18)12-14-20(19)15-16-7-2-1-3-8-16/h1-12H;1-12,14H,13,15H2/q-1;+1. The highest BCUT2D eigenvalue weighted by atomic mass is 19.4. The van der Waals surface area contributed by atoms with E-state index >= 15 is 0 Å². The lowest BCUT2D eigenvalue weighted by molar-refractivity contribution is -0.688. The first-order valence-electron chi connectivity index (χ1n) is 22.1. The highest BCUT2D eigenvalue weighted by Crippen LogP contribution is 2.41. The number of nitro groups is 1. The second-order valence-corrected chi connectivity index (χ2v) is 17.5. The largest absolute Gasteiger partial charge is 0.416 e. The fourth-order valence-electron chi connectivity index (χ4n) is 8.71. The molecule has 0 radical (unpaired) electrons. The Kier molecular flexibility index (Phi) is 16.7. The summed E-state index contributed by atoms with van der Waals surface area (Å²) < 4.78 is 343. The van der Waals surface area contributed by atoms with Gasteiger partial charge in [-0.1, -0.05) is 97.1 Å². The van der Waals surface area contributed by atoms with E-state index in [4.69, 9.17) is 0 Å². The summed E-state index contributed by atoms with van der Waals surface area (Å²) in [5.74, 6) is 0. The third-order valence-corrected chi connectivity index (χ3v) is 12.1. The highest BCUT2D eigenvalue weighted by Gasteiger charge is 2.47. The van der Waals surface area contributed by atoms with Crippen molar-refractivity contribution in [3.8, 4) is 0 Å². The van der Waals surface area contributed by atoms with E-state index in [1.54, 1.807) is 6.08 Å². The van der Waals surface area contributed by atoms with Gasteiger partial charge in [0.25, 0.3) is 0 Å². The number of hydrogen-bond acceptors (Lipinski definition) is 2. The molecule has 0 aliphatic heterocycles. The molecule has 0 amide bonds. The molecular formula is C51H29BF24N2O2. The molecule has 1 aromatic heterocycles. The molecule has 0 spiro atoms. The smallest absolute Gasteiger partial charge is 0.264 e. The Bertz CT molecular complexity index is 2990. The van der Waals surface area contributed by atoms with Gasteiger partial charge >= 0.3 is 49.4 Å². The Labute approximate surface area is 433 Å². The van der Waals surface area contributed by atoms with Crippen LogP contribution in [0.5, 0.6) is 0 Å². The van der Waals surface area contributed by atoms with Crippen molar-refractivity contribution in [3.63, 3.8) is 0 Å². The maximum absolute atomic E-state index is 14.2. The van der Waals surface area contributed by atoms with Crippen molar-refractivity contribution >= 4 is 44.8 Å². The summed E-state index contributed by atoms with van der Waals surface area (Å²) >= 11 is 0. The lowest BCUT2D eigenvalue weighted by atomic mass is 9.12. The van der Waals surface area contributed by atoms with Crippen LogP contribution in [0.3, 0.4) is 0 Å². The number of fused-ring (bicyclic) bond motifs is 1. The van der Waals surface area contributed by atoms with Gasteiger partial charge in [0.15, 0.2) is 12.7 Å². The number of rotatable bonds is 9. The first-order valence-corrected chi connectivity index (χ1v) is 22.1. The van der Waals surface area contributed by atoms with Gasteiger partial charge in [0.05, 0.1) is 49.9 Å². The fourth-order valence-corrected chi connectivity index (χ4v) is 8.71. The monoisotopic (exact) mass is 1170 g/mol. The molecule has 0 saturated carbocycles. The molecule has 0 saturated heterocycles. The summed E-state index contributed by atoms with van der Waals surface area (Å²) in [6.45, 7) is 0.554. The van der Waals surface area contributed by atoms with Crippen LogP contribution in [0.4, 0.5) is 105 Å². The molecule has 1 heterocycles. The summed E-state index contributed by atoms with van der Waals surface area (Å²) in [6.07, 6.45) is -49.3. The first-order chi connectivity index (χ1) is 36.5. The molecule has 0 atom stereocenters. The van der Waals surface area contributed by atoms with E-state index < -0.39 is 195 Å². The zero-order valence-corrected chi connectivity index (χ0v) is 39.2. The third-order valence-electron chi connectivity index (χ3n) is 12.1. The summed E-state index contributed by atoms with van der Waals surface area (Å²) in [4.78, 5) is 10.2. The van der Waals surface area contributed by atoms with Crippen molar-refractivity contribution in [2.75, 3.05) is 6.54 Å². The summed E-state index contributed by atoms with van der Waals surface area (Å²) in [5, 5.41) is 12.8. The van der Waals surface area contributed by atoms with E-state index in [1.165, 1.54) is 5.56 Å². The van der Waals surface area contributed by atoms with Gasteiger partial charge in [-0.15, -0.1) is 0 Å². The molecule has 0 aliphatic rings. The lowest BCUT2D eigenvalue weighted by Gasteiger charge is -2.46. The van der Waals surface area contributed by atoms with Crippen LogP contribution in [-0.4, -0.2) is 17.6 Å². The highest BCUT2D eigenvalue weighted by molar-refractivity contribution is 7.20. The number of benzene rings is 6. The molecule has 6 aromatic carbocycles. The van der Waals surface area contributed by atoms with Crippen molar-refractivity contribution in [3.05, 3.63) is 212 Å². The molecule has 426 valence electrons. The zero-order valence-electron chi connectivity index (χ0n) is 39.2. The third kappa shape index (κ3) is 14.2. The van der Waals surface area contributed by atoms with E-state index in [0.29, 0.717) is 0 Å². The maximum Gasteiger partial charge on any atom is 0.416 e. The van der Waals surface area contributed by atoms with E-state index in [1.807, 2.05) is 54.7 Å². The summed E-state index contributed by atoms with van der Waals surface area (Å²) in [5.41, 5.74) is -28.0. The van der Waals surface area contributed by atoms with Crippen LogP contribution >= 0.6 is 0 Å². The van der Waals surface area contributed by atoms with Crippen molar-refractivity contribution in [1.82, 2.24) is 0 Å². The maximum atomic E-state index is 14.2. The molecule has 0 fully saturated rings. The Morgan fingerprint density at radius 2 is 0.688 bits per heavy atom. The fraction of sp³-hybridized carbons (Fsp3) is 0.196. The van der Waals surface area contributed by atoms with Crippen LogP contribution < -0.4 is 26.4 Å². The number of pyridine rings is 1. The van der Waals surface area contributed by atoms with E-state index in [9.17, 15) is 115 Å². The molecule has 7 aromatic rings. The number of halogens is 24. The SMILES string of the molecule is FC(F)(F)c1cc([B-](c2cc(C(F)(F)F)cc(C(F)(F)F)c2)(c2cc(C(F)(F)F)cc(C(F)(F)F)c2)c2cc(C(F)(F)F)cc(C(F)(F)F)c2)cc(C(F)(F)F)c1.O=[N+]([O-])CC=Cc1c2ccccc2cc[n+]1Cc1ccccc1. The molecule has 0 unspecified atom stereocenters. The van der Waals surface area contributed by atoms with Gasteiger partial charge in [-0.2, -0.15) is 132 Å². The van der Waals surface area contributed by atoms with Gasteiger partial charge in [-0.05, 0) is 41.8 Å². The van der Waals surface area contributed by atoms with E-state index in [-0.39, 0.29) is 11.5 Å². The van der Waals surface area contributed by atoms with Gasteiger partial charge < -0.3 is 0 Å². The van der Waals surface area contributed by atoms with Gasteiger partial charge in [0.2, 0.25) is 12.2 Å². The molecule has 0 aliphatic carbocycles. The van der Waals surface area contributed by atoms with Crippen molar-refractivity contribution < 1.29 is 115 Å². The molecule has 0 N–H and O–H groups in total. The van der Waals surface area contributed by atoms with Crippen LogP contribution in [-0.2, 0) is 56.0 Å². The molecular weight excluding hydrogens is 1140 g/mol. The van der Waals surface area contributed by atoms with Crippen LogP contribution in [0.2, 0.25) is 0 Å². The number of hydrogen-bond donors (Lipinski definition) is 0. The summed E-state index contributed by atoms with van der Waals surface area (Å²) in [7, 11) is 0. The van der Waals surface area contributed by atoms with Crippen LogP contribution in [0, 0.1) is 10.1 Å². The number of aromatic nitrogens is 1. The summed E-state index contributed by atoms with van der Waals surface area (Å²) in [6, 6.07) is 11.5. The quantitative estimate of drug-likeness (QED) is 0.0475. The van der Waals surface area contributed by atoms with Crippen LogP contribution in [0.1, 0.15) is 55.8 Å². The Hall–Kier alpha value is -7.75. The van der Waals surface area contributed by atoms with E-state index in [2.05, 4.69) is 22.8 Å². The average Bonchev–Trinajstić information content (AvgIpc) is 3.33. The van der Waals surface area contributed by atoms with Gasteiger partial charge in [-0.25, -0.2) is 0 Å². The van der Waals surface area contributed by atoms with E-state index in [0.717, 1.165) is 23.0 Å². The van der Waals surface area contributed by atoms with Gasteiger partial charge in [0.1, 0.15) is 6.15 Å². The average molecular weight is 1170 g/mol. The lowest BCUT2D eigenvalue weighted by Crippen LogP contribution is -2.75. The number of nitrogens with zero attached hydrogens (tertiary/aromatic N) is 2. The molecule has 80 heavy (non-hydrogen) atoms. The van der Waals surface area contributed by atoms with Crippen LogP contribution in [0.25, 0.3) is 16.8 Å². The minimum atomic E-state index is -6.13. The zero-order chi connectivity index (χ0) is 60.0. The van der Waals surface area contributed by atoms with Crippen molar-refractivity contribution in [2.24, 2.45) is 0 Å². The second-order valence-electron chi connectivity index (χ2n) is 17.5. The Morgan fingerprint density at radius 3 is 0.975 bits per heavy atom. The topological polar surface area (TPSA) is 47.0 Å². The molecule has 4 nitrogen and oxygen atoms in total. The minimum absolute atomic E-state index is 0.172. The molecule has 7 rings (SSSR count). The Morgan fingerprint density at radius 1 is 0.400 bits per heavy atom.